The van der Waals surface area contributed by atoms with Gasteiger partial charge in [-0.15, -0.1) is 0 Å². The van der Waals surface area contributed by atoms with Crippen LogP contribution in [0.1, 0.15) is 30.4 Å². The molecule has 2 atom stereocenters. The number of carbonyl (C=O) groups excluding carboxylic acids is 2. The number of hydrogen-bond acceptors (Lipinski definition) is 2. The van der Waals surface area contributed by atoms with Crippen LogP contribution in [0.5, 0.6) is 0 Å². The zero-order valence-corrected chi connectivity index (χ0v) is 12.3. The Labute approximate surface area is 126 Å². The van der Waals surface area contributed by atoms with Crippen molar-refractivity contribution < 1.29 is 22.8 Å². The number of hydrogen-bond donors (Lipinski definition) is 1. The van der Waals surface area contributed by atoms with E-state index in [2.05, 4.69) is 5.32 Å². The minimum Gasteiger partial charge on any atom is -0.351 e. The van der Waals surface area contributed by atoms with Crippen molar-refractivity contribution in [1.82, 2.24) is 10.2 Å². The van der Waals surface area contributed by atoms with Crippen molar-refractivity contribution in [2.75, 3.05) is 13.6 Å². The van der Waals surface area contributed by atoms with Crippen LogP contribution in [0.3, 0.4) is 0 Å². The number of halogens is 3. The summed E-state index contributed by atoms with van der Waals surface area (Å²) in [5.41, 5.74) is -0.446. The van der Waals surface area contributed by atoms with E-state index in [9.17, 15) is 22.8 Å². The summed E-state index contributed by atoms with van der Waals surface area (Å²) in [6.45, 7) is 1.24. The second kappa shape index (κ2) is 5.98. The van der Waals surface area contributed by atoms with E-state index in [4.69, 9.17) is 0 Å². The summed E-state index contributed by atoms with van der Waals surface area (Å²) in [6, 6.07) is 5.10. The lowest BCUT2D eigenvalue weighted by molar-refractivity contribution is -0.138. The van der Waals surface area contributed by atoms with Gasteiger partial charge in [0.05, 0.1) is 12.1 Å². The van der Waals surface area contributed by atoms with E-state index in [1.54, 1.807) is 6.07 Å². The molecule has 0 spiro atoms. The summed E-state index contributed by atoms with van der Waals surface area (Å²) in [5.74, 6) is -0.941. The number of amides is 2. The second-order valence-corrected chi connectivity index (χ2v) is 5.48. The van der Waals surface area contributed by atoms with Gasteiger partial charge in [-0.2, -0.15) is 13.2 Å². The summed E-state index contributed by atoms with van der Waals surface area (Å²) in [7, 11) is 1.49. The lowest BCUT2D eigenvalue weighted by atomic mass is 10.0. The van der Waals surface area contributed by atoms with Gasteiger partial charge in [-0.25, -0.2) is 0 Å². The molecule has 0 radical (unpaired) electrons. The number of alkyl halides is 3. The van der Waals surface area contributed by atoms with Crippen molar-refractivity contribution in [2.45, 2.75) is 31.5 Å². The predicted molar refractivity (Wildman–Crippen MR) is 74.0 cm³/mol. The Balaban J connectivity index is 1.99. The highest BCUT2D eigenvalue weighted by atomic mass is 19.4. The molecule has 0 saturated heterocycles. The van der Waals surface area contributed by atoms with Gasteiger partial charge >= 0.3 is 6.18 Å². The molecule has 1 N–H and O–H groups in total. The SMILES string of the molecule is CC(=O)N(C)CC(=O)N[C@@H]1C[C@H]1c1ccccc1C(F)(F)F. The van der Waals surface area contributed by atoms with Gasteiger partial charge in [0.25, 0.3) is 0 Å². The Hall–Kier alpha value is -2.05. The smallest absolute Gasteiger partial charge is 0.351 e. The molecule has 4 nitrogen and oxygen atoms in total. The quantitative estimate of drug-likeness (QED) is 0.926. The highest BCUT2D eigenvalue weighted by molar-refractivity contribution is 5.84. The van der Waals surface area contributed by atoms with Gasteiger partial charge in [-0.3, -0.25) is 9.59 Å². The number of nitrogens with zero attached hydrogens (tertiary/aromatic N) is 1. The van der Waals surface area contributed by atoms with E-state index < -0.39 is 11.7 Å². The Morgan fingerprint density at radius 3 is 2.55 bits per heavy atom. The number of benzene rings is 1. The van der Waals surface area contributed by atoms with Crippen LogP contribution < -0.4 is 5.32 Å². The van der Waals surface area contributed by atoms with Gasteiger partial charge in [0.2, 0.25) is 11.8 Å². The zero-order valence-electron chi connectivity index (χ0n) is 12.3. The van der Waals surface area contributed by atoms with Gasteiger partial charge in [0.1, 0.15) is 0 Å². The van der Waals surface area contributed by atoms with Crippen molar-refractivity contribution in [1.29, 1.82) is 0 Å². The fraction of sp³-hybridized carbons (Fsp3) is 0.467. The first kappa shape index (κ1) is 16.3. The second-order valence-electron chi connectivity index (χ2n) is 5.48. The number of rotatable bonds is 4. The summed E-state index contributed by atoms with van der Waals surface area (Å²) in [5, 5.41) is 2.67. The van der Waals surface area contributed by atoms with E-state index in [0.717, 1.165) is 6.07 Å². The maximum Gasteiger partial charge on any atom is 0.416 e. The Kier molecular flexibility index (Phi) is 4.44. The largest absolute Gasteiger partial charge is 0.416 e. The van der Waals surface area contributed by atoms with Crippen molar-refractivity contribution in [2.24, 2.45) is 0 Å². The number of nitrogens with one attached hydrogen (secondary N) is 1. The van der Waals surface area contributed by atoms with Crippen LogP contribution >= 0.6 is 0 Å². The Morgan fingerprint density at radius 2 is 1.95 bits per heavy atom. The molecule has 120 valence electrons. The predicted octanol–water partition coefficient (Wildman–Crippen LogP) is 2.16. The van der Waals surface area contributed by atoms with E-state index in [-0.39, 0.29) is 35.9 Å². The van der Waals surface area contributed by atoms with Crippen LogP contribution in [0.25, 0.3) is 0 Å². The molecule has 1 aromatic rings. The van der Waals surface area contributed by atoms with Crippen LogP contribution in [0, 0.1) is 0 Å². The maximum absolute atomic E-state index is 13.0. The van der Waals surface area contributed by atoms with Crippen LogP contribution in [0.4, 0.5) is 13.2 Å². The highest BCUT2D eigenvalue weighted by Gasteiger charge is 2.44. The minimum atomic E-state index is -4.40. The molecule has 0 heterocycles. The molecule has 1 aromatic carbocycles. The Morgan fingerprint density at radius 1 is 1.32 bits per heavy atom. The summed E-state index contributed by atoms with van der Waals surface area (Å²) < 4.78 is 38.9. The topological polar surface area (TPSA) is 49.4 Å². The van der Waals surface area contributed by atoms with E-state index >= 15 is 0 Å². The summed E-state index contributed by atoms with van der Waals surface area (Å²) >= 11 is 0. The standard InChI is InChI=1S/C15H17F3N2O2/c1-9(21)20(2)8-14(22)19-13-7-11(13)10-5-3-4-6-12(10)15(16,17)18/h3-6,11,13H,7-8H2,1-2H3,(H,19,22)/t11-,13+/m0/s1. The molecular formula is C15H17F3N2O2. The molecule has 0 bridgehead atoms. The number of carbonyl (C=O) groups is 2. The molecule has 0 unspecified atom stereocenters. The van der Waals surface area contributed by atoms with Gasteiger partial charge in [0.15, 0.2) is 0 Å². The molecule has 7 heteroatoms. The molecular weight excluding hydrogens is 297 g/mol. The maximum atomic E-state index is 13.0. The third-order valence-corrected chi connectivity index (χ3v) is 3.72. The highest BCUT2D eigenvalue weighted by Crippen LogP contribution is 2.46. The van der Waals surface area contributed by atoms with Crippen LogP contribution in [-0.4, -0.2) is 36.3 Å². The van der Waals surface area contributed by atoms with Crippen molar-refractivity contribution in [3.63, 3.8) is 0 Å². The van der Waals surface area contributed by atoms with Crippen LogP contribution in [0.2, 0.25) is 0 Å². The fourth-order valence-corrected chi connectivity index (χ4v) is 2.36. The monoisotopic (exact) mass is 314 g/mol. The first-order valence-electron chi connectivity index (χ1n) is 6.87. The first-order chi connectivity index (χ1) is 10.2. The fourth-order valence-electron chi connectivity index (χ4n) is 2.36. The van der Waals surface area contributed by atoms with Gasteiger partial charge in [0, 0.05) is 25.9 Å². The lowest BCUT2D eigenvalue weighted by Crippen LogP contribution is -2.38. The Bertz CT molecular complexity index is 586. The minimum absolute atomic E-state index is 0.0977. The van der Waals surface area contributed by atoms with Crippen molar-refractivity contribution in [3.05, 3.63) is 35.4 Å². The first-order valence-corrected chi connectivity index (χ1v) is 6.87. The zero-order chi connectivity index (χ0) is 16.5. The molecule has 1 saturated carbocycles. The molecule has 22 heavy (non-hydrogen) atoms. The van der Waals surface area contributed by atoms with Crippen molar-refractivity contribution in [3.8, 4) is 0 Å². The van der Waals surface area contributed by atoms with E-state index in [1.165, 1.54) is 31.0 Å². The van der Waals surface area contributed by atoms with Gasteiger partial charge in [-0.1, -0.05) is 18.2 Å². The molecule has 2 rings (SSSR count). The third kappa shape index (κ3) is 3.78. The molecule has 0 aliphatic heterocycles. The van der Waals surface area contributed by atoms with Gasteiger partial charge in [-0.05, 0) is 18.1 Å². The molecule has 0 aromatic heterocycles. The molecule has 2 amide bonds. The third-order valence-electron chi connectivity index (χ3n) is 3.72. The van der Waals surface area contributed by atoms with E-state index in [1.807, 2.05) is 0 Å². The average Bonchev–Trinajstić information content (AvgIpc) is 3.16. The average molecular weight is 314 g/mol. The molecule has 1 aliphatic carbocycles. The van der Waals surface area contributed by atoms with Gasteiger partial charge < -0.3 is 10.2 Å². The van der Waals surface area contributed by atoms with Crippen LogP contribution in [-0.2, 0) is 15.8 Å². The summed E-state index contributed by atoms with van der Waals surface area (Å²) in [6.07, 6.45) is -3.93. The molecule has 1 fully saturated rings. The summed E-state index contributed by atoms with van der Waals surface area (Å²) in [4.78, 5) is 24.0. The van der Waals surface area contributed by atoms with Crippen LogP contribution in [0.15, 0.2) is 24.3 Å². The number of likely N-dealkylation sites (N-methyl/N-ethyl adjacent to an activating group) is 1. The molecule has 1 aliphatic rings. The van der Waals surface area contributed by atoms with Crippen molar-refractivity contribution >= 4 is 11.8 Å². The van der Waals surface area contributed by atoms with E-state index in [0.29, 0.717) is 6.42 Å². The normalized spacial score (nSPS) is 20.4. The lowest BCUT2D eigenvalue weighted by Gasteiger charge is -2.15.